The summed E-state index contributed by atoms with van der Waals surface area (Å²) in [5.41, 5.74) is 2.60. The number of aliphatic hydroxyl groups excluding tert-OH is 1. The van der Waals surface area contributed by atoms with Crippen molar-refractivity contribution in [2.45, 2.75) is 22.7 Å². The lowest BCUT2D eigenvalue weighted by Crippen LogP contribution is -2.46. The molecule has 11 heteroatoms. The Labute approximate surface area is 224 Å². The molecule has 0 aliphatic carbocycles. The zero-order valence-electron chi connectivity index (χ0n) is 20.3. The third-order valence-corrected chi connectivity index (χ3v) is 9.34. The van der Waals surface area contributed by atoms with Gasteiger partial charge in [0.25, 0.3) is 0 Å². The predicted octanol–water partition coefficient (Wildman–Crippen LogP) is 3.24. The molecule has 1 aliphatic heterocycles. The van der Waals surface area contributed by atoms with Crippen LogP contribution in [-0.4, -0.2) is 58.2 Å². The molecule has 1 amide bonds. The minimum Gasteiger partial charge on any atom is -0.396 e. The number of hydrogen-bond donors (Lipinski definition) is 2. The molecule has 3 aromatic carbocycles. The number of hydrogen-bond acceptors (Lipinski definition) is 8. The summed E-state index contributed by atoms with van der Waals surface area (Å²) in [5, 5.41) is 15.1. The van der Waals surface area contributed by atoms with Gasteiger partial charge in [-0.1, -0.05) is 78.0 Å². The summed E-state index contributed by atoms with van der Waals surface area (Å²) in [6, 6.07) is 24.8. The first-order valence-corrected chi connectivity index (χ1v) is 14.5. The van der Waals surface area contributed by atoms with Gasteiger partial charge in [-0.3, -0.25) is 4.79 Å². The molecule has 1 saturated heterocycles. The van der Waals surface area contributed by atoms with E-state index < -0.39 is 27.3 Å². The number of benzene rings is 3. The van der Waals surface area contributed by atoms with Crippen molar-refractivity contribution in [3.8, 4) is 11.1 Å². The highest BCUT2D eigenvalue weighted by Crippen LogP contribution is 2.32. The van der Waals surface area contributed by atoms with Gasteiger partial charge >= 0.3 is 0 Å². The first-order valence-electron chi connectivity index (χ1n) is 12.0. The molecule has 38 heavy (non-hydrogen) atoms. The van der Waals surface area contributed by atoms with Gasteiger partial charge in [-0.25, -0.2) is 8.42 Å². The highest BCUT2D eigenvalue weighted by Gasteiger charge is 2.41. The van der Waals surface area contributed by atoms with Crippen molar-refractivity contribution in [3.05, 3.63) is 102 Å². The molecule has 1 fully saturated rings. The van der Waals surface area contributed by atoms with Gasteiger partial charge in [0.05, 0.1) is 17.9 Å². The van der Waals surface area contributed by atoms with Gasteiger partial charge < -0.3 is 14.9 Å². The van der Waals surface area contributed by atoms with Crippen molar-refractivity contribution >= 4 is 27.7 Å². The van der Waals surface area contributed by atoms with Crippen molar-refractivity contribution in [3.63, 3.8) is 0 Å². The second kappa shape index (κ2) is 11.5. The summed E-state index contributed by atoms with van der Waals surface area (Å²) in [7, 11) is -3.93. The van der Waals surface area contributed by atoms with Crippen molar-refractivity contribution in [2.75, 3.05) is 18.9 Å². The van der Waals surface area contributed by atoms with E-state index in [0.717, 1.165) is 11.1 Å². The van der Waals surface area contributed by atoms with Gasteiger partial charge in [-0.05, 0) is 28.8 Å². The molecule has 0 radical (unpaired) electrons. The smallest absolute Gasteiger partial charge is 0.249 e. The standard InChI is InChI=1S/C27H26N4O5S2/c32-17-15-23-28-25(30-36-23)24(21-9-5-2-6-10-21)29-26(33)27-31(16-18-37-27)38(34,35)22-13-11-20(12-14-22)19-7-3-1-4-8-19/h1-14,24,27,32H,15-18H2,(H,29,33). The Balaban J connectivity index is 1.38. The minimum absolute atomic E-state index is 0.129. The number of sulfonamides is 1. The van der Waals surface area contributed by atoms with Crippen molar-refractivity contribution in [1.82, 2.24) is 19.8 Å². The monoisotopic (exact) mass is 550 g/mol. The fourth-order valence-electron chi connectivity index (χ4n) is 4.23. The number of carbonyl (C=O) groups is 1. The number of amides is 1. The average molecular weight is 551 g/mol. The summed E-state index contributed by atoms with van der Waals surface area (Å²) in [6.45, 7) is 0.0617. The zero-order valence-corrected chi connectivity index (χ0v) is 21.9. The Kier molecular flexibility index (Phi) is 7.89. The number of thioether (sulfide) groups is 1. The van der Waals surface area contributed by atoms with Gasteiger partial charge in [0.2, 0.25) is 21.8 Å². The lowest BCUT2D eigenvalue weighted by atomic mass is 10.1. The molecule has 2 unspecified atom stereocenters. The van der Waals surface area contributed by atoms with Gasteiger partial charge in [0.15, 0.2) is 5.82 Å². The van der Waals surface area contributed by atoms with E-state index in [0.29, 0.717) is 11.3 Å². The number of nitrogens with one attached hydrogen (secondary N) is 1. The molecular formula is C27H26N4O5S2. The molecule has 2 heterocycles. The van der Waals surface area contributed by atoms with E-state index >= 15 is 0 Å². The Morgan fingerprint density at radius 3 is 2.37 bits per heavy atom. The molecule has 2 atom stereocenters. The summed E-state index contributed by atoms with van der Waals surface area (Å²) < 4.78 is 33.6. The van der Waals surface area contributed by atoms with E-state index in [1.165, 1.54) is 16.1 Å². The lowest BCUT2D eigenvalue weighted by molar-refractivity contribution is -0.122. The third kappa shape index (κ3) is 5.51. The van der Waals surface area contributed by atoms with Gasteiger partial charge in [0, 0.05) is 12.3 Å². The van der Waals surface area contributed by atoms with Crippen LogP contribution in [-0.2, 0) is 21.2 Å². The van der Waals surface area contributed by atoms with Crippen LogP contribution in [0.3, 0.4) is 0 Å². The second-order valence-electron chi connectivity index (χ2n) is 8.60. The van der Waals surface area contributed by atoms with Gasteiger partial charge in [-0.15, -0.1) is 11.8 Å². The highest BCUT2D eigenvalue weighted by atomic mass is 32.2. The van der Waals surface area contributed by atoms with Crippen LogP contribution in [0.25, 0.3) is 11.1 Å². The molecule has 196 valence electrons. The Morgan fingerprint density at radius 1 is 1.03 bits per heavy atom. The molecule has 9 nitrogen and oxygen atoms in total. The maximum atomic E-state index is 13.6. The van der Waals surface area contributed by atoms with Gasteiger partial charge in [0.1, 0.15) is 11.4 Å². The summed E-state index contributed by atoms with van der Waals surface area (Å²) in [4.78, 5) is 17.9. The van der Waals surface area contributed by atoms with Crippen LogP contribution in [0.15, 0.2) is 94.3 Å². The summed E-state index contributed by atoms with van der Waals surface area (Å²) >= 11 is 1.26. The predicted molar refractivity (Wildman–Crippen MR) is 144 cm³/mol. The Bertz CT molecular complexity index is 1480. The quantitative estimate of drug-likeness (QED) is 0.325. The van der Waals surface area contributed by atoms with E-state index in [1.807, 2.05) is 60.7 Å². The third-order valence-electron chi connectivity index (χ3n) is 6.13. The van der Waals surface area contributed by atoms with E-state index in [4.69, 9.17) is 4.52 Å². The van der Waals surface area contributed by atoms with Crippen LogP contribution in [0.1, 0.15) is 23.3 Å². The molecule has 1 aromatic heterocycles. The van der Waals surface area contributed by atoms with E-state index in [9.17, 15) is 18.3 Å². The van der Waals surface area contributed by atoms with Crippen LogP contribution >= 0.6 is 11.8 Å². The molecule has 2 N–H and O–H groups in total. The van der Waals surface area contributed by atoms with Crippen molar-refractivity contribution in [2.24, 2.45) is 0 Å². The first-order chi connectivity index (χ1) is 18.5. The van der Waals surface area contributed by atoms with Crippen LogP contribution in [0, 0.1) is 0 Å². The maximum absolute atomic E-state index is 13.6. The zero-order chi connectivity index (χ0) is 26.5. The van der Waals surface area contributed by atoms with E-state index in [1.54, 1.807) is 24.3 Å². The SMILES string of the molecule is O=C(NC(c1ccccc1)c1noc(CCO)n1)C1SCCN1S(=O)(=O)c1ccc(-c2ccccc2)cc1. The minimum atomic E-state index is -3.93. The van der Waals surface area contributed by atoms with Crippen LogP contribution in [0.4, 0.5) is 0 Å². The molecule has 0 saturated carbocycles. The fourth-order valence-corrected chi connectivity index (χ4v) is 7.32. The van der Waals surface area contributed by atoms with Crippen LogP contribution in [0.2, 0.25) is 0 Å². The van der Waals surface area contributed by atoms with E-state index in [2.05, 4.69) is 15.5 Å². The second-order valence-corrected chi connectivity index (χ2v) is 11.7. The maximum Gasteiger partial charge on any atom is 0.249 e. The van der Waals surface area contributed by atoms with Gasteiger partial charge in [-0.2, -0.15) is 9.29 Å². The molecule has 0 bridgehead atoms. The Morgan fingerprint density at radius 2 is 1.68 bits per heavy atom. The fraction of sp³-hybridized carbons (Fsp3) is 0.222. The Hall–Kier alpha value is -3.51. The molecular weight excluding hydrogens is 524 g/mol. The lowest BCUT2D eigenvalue weighted by Gasteiger charge is -2.25. The number of carbonyl (C=O) groups excluding carboxylic acids is 1. The number of nitrogens with zero attached hydrogens (tertiary/aromatic N) is 3. The molecule has 1 aliphatic rings. The number of aromatic nitrogens is 2. The number of rotatable bonds is 9. The van der Waals surface area contributed by atoms with Crippen molar-refractivity contribution in [1.29, 1.82) is 0 Å². The number of aliphatic hydroxyl groups is 1. The van der Waals surface area contributed by atoms with Crippen LogP contribution < -0.4 is 5.32 Å². The molecule has 4 aromatic rings. The molecule has 5 rings (SSSR count). The topological polar surface area (TPSA) is 126 Å². The van der Waals surface area contributed by atoms with Crippen LogP contribution in [0.5, 0.6) is 0 Å². The van der Waals surface area contributed by atoms with E-state index in [-0.39, 0.29) is 36.2 Å². The highest BCUT2D eigenvalue weighted by molar-refractivity contribution is 8.02. The normalized spacial score (nSPS) is 16.8. The average Bonchev–Trinajstić information content (AvgIpc) is 3.64. The summed E-state index contributed by atoms with van der Waals surface area (Å²) in [6.07, 6.45) is 0.190. The molecule has 0 spiro atoms. The summed E-state index contributed by atoms with van der Waals surface area (Å²) in [5.74, 6) is 0.482. The largest absolute Gasteiger partial charge is 0.396 e. The van der Waals surface area contributed by atoms with Crippen molar-refractivity contribution < 1.29 is 22.8 Å². The first kappa shape index (κ1) is 26.1.